The Labute approximate surface area is 209 Å². The van der Waals surface area contributed by atoms with E-state index in [1.54, 1.807) is 26.4 Å². The Hall–Kier alpha value is -2.66. The average Bonchev–Trinajstić information content (AvgIpc) is 2.81. The van der Waals surface area contributed by atoms with Gasteiger partial charge in [0.15, 0.2) is 5.71 Å². The maximum Gasteiger partial charge on any atom is 0.376 e. The Morgan fingerprint density at radius 2 is 1.48 bits per heavy atom. The van der Waals surface area contributed by atoms with Crippen LogP contribution in [0.3, 0.4) is 0 Å². The molecule has 0 spiro atoms. The molecule has 2 aromatic carbocycles. The number of carbonyl (C=O) groups excluding carboxylic acids is 1. The average molecular weight is 584 g/mol. The third-order valence-corrected chi connectivity index (χ3v) is 5.01. The summed E-state index contributed by atoms with van der Waals surface area (Å²) in [6, 6.07) is 11.3. The van der Waals surface area contributed by atoms with Gasteiger partial charge in [-0.25, -0.2) is 4.79 Å². The van der Waals surface area contributed by atoms with E-state index in [2.05, 4.69) is 42.7 Å². The standard InChI is InChI=1S/C23H24Br2N2O6/c1-16(26-31-12-4-6-17-14-19(24)8-10-21(17)29-2)23(28)33-27-32-13-5-7-18-15-20(25)9-11-22(18)30-3/h4-11,14-15,27H,12-13H2,1-3H3/b6-4+,7-5+,26-16?. The monoisotopic (exact) mass is 582 g/mol. The first-order valence-electron chi connectivity index (χ1n) is 9.69. The number of nitrogens with zero attached hydrogens (tertiary/aromatic N) is 1. The SMILES string of the molecule is COc1ccc(Br)cc1/C=C/CON=C(C)C(=O)ONOC/C=C/c1cc(Br)ccc1OC. The van der Waals surface area contributed by atoms with Crippen LogP contribution in [0.25, 0.3) is 12.2 Å². The van der Waals surface area contributed by atoms with Crippen molar-refractivity contribution in [2.24, 2.45) is 5.16 Å². The zero-order valence-electron chi connectivity index (χ0n) is 18.3. The molecule has 0 bridgehead atoms. The summed E-state index contributed by atoms with van der Waals surface area (Å²) in [5.74, 6) is 0.728. The molecule has 0 saturated carbocycles. The zero-order chi connectivity index (χ0) is 24.1. The number of hydrogen-bond acceptors (Lipinski definition) is 8. The van der Waals surface area contributed by atoms with Crippen molar-refractivity contribution >= 4 is 55.7 Å². The van der Waals surface area contributed by atoms with Gasteiger partial charge in [-0.15, -0.1) is 0 Å². The molecule has 0 unspecified atom stereocenters. The molecule has 8 nitrogen and oxygen atoms in total. The lowest BCUT2D eigenvalue weighted by Gasteiger charge is -2.06. The van der Waals surface area contributed by atoms with E-state index in [9.17, 15) is 4.79 Å². The lowest BCUT2D eigenvalue weighted by atomic mass is 10.2. The lowest BCUT2D eigenvalue weighted by molar-refractivity contribution is -0.180. The molecule has 10 heteroatoms. The van der Waals surface area contributed by atoms with Crippen molar-refractivity contribution in [3.8, 4) is 11.5 Å². The summed E-state index contributed by atoms with van der Waals surface area (Å²) in [5.41, 5.74) is 3.90. The van der Waals surface area contributed by atoms with Gasteiger partial charge in [-0.3, -0.25) is 4.84 Å². The van der Waals surface area contributed by atoms with Gasteiger partial charge in [0.05, 0.1) is 20.8 Å². The molecule has 33 heavy (non-hydrogen) atoms. The number of nitrogens with one attached hydrogen (secondary N) is 1. The predicted molar refractivity (Wildman–Crippen MR) is 134 cm³/mol. The molecule has 0 amide bonds. The van der Waals surface area contributed by atoms with E-state index >= 15 is 0 Å². The van der Waals surface area contributed by atoms with Gasteiger partial charge in [-0.1, -0.05) is 55.2 Å². The number of rotatable bonds is 12. The maximum absolute atomic E-state index is 11.9. The Balaban J connectivity index is 1.70. The first-order valence-corrected chi connectivity index (χ1v) is 11.3. The second-order valence-electron chi connectivity index (χ2n) is 6.33. The second-order valence-corrected chi connectivity index (χ2v) is 8.16. The molecule has 1 N–H and O–H groups in total. The van der Waals surface area contributed by atoms with E-state index in [4.69, 9.17) is 24.0 Å². The highest BCUT2D eigenvalue weighted by Gasteiger charge is 2.08. The fourth-order valence-electron chi connectivity index (χ4n) is 2.46. The molecular formula is C23H24Br2N2O6. The van der Waals surface area contributed by atoms with Crippen LogP contribution in [-0.2, 0) is 19.3 Å². The Kier molecular flexibility index (Phi) is 11.7. The van der Waals surface area contributed by atoms with Gasteiger partial charge in [0.2, 0.25) is 0 Å². The minimum atomic E-state index is -0.731. The van der Waals surface area contributed by atoms with Crippen molar-refractivity contribution in [1.29, 1.82) is 0 Å². The molecular weight excluding hydrogens is 560 g/mol. The fraction of sp³-hybridized carbons (Fsp3) is 0.217. The van der Waals surface area contributed by atoms with Crippen LogP contribution in [0.5, 0.6) is 11.5 Å². The number of halogens is 2. The highest BCUT2D eigenvalue weighted by Crippen LogP contribution is 2.25. The van der Waals surface area contributed by atoms with Crippen LogP contribution >= 0.6 is 31.9 Å². The lowest BCUT2D eigenvalue weighted by Crippen LogP contribution is -2.25. The highest BCUT2D eigenvalue weighted by atomic mass is 79.9. The van der Waals surface area contributed by atoms with Crippen molar-refractivity contribution in [2.75, 3.05) is 27.4 Å². The minimum absolute atomic E-state index is 0.0222. The van der Waals surface area contributed by atoms with Crippen molar-refractivity contribution in [2.45, 2.75) is 6.92 Å². The van der Waals surface area contributed by atoms with E-state index in [-0.39, 0.29) is 18.9 Å². The molecule has 2 aromatic rings. The third kappa shape index (κ3) is 9.39. The largest absolute Gasteiger partial charge is 0.496 e. The summed E-state index contributed by atoms with van der Waals surface area (Å²) < 4.78 is 12.4. The summed E-state index contributed by atoms with van der Waals surface area (Å²) in [6.07, 6.45) is 7.15. The molecule has 0 fully saturated rings. The zero-order valence-corrected chi connectivity index (χ0v) is 21.5. The molecule has 0 radical (unpaired) electrons. The van der Waals surface area contributed by atoms with Gasteiger partial charge >= 0.3 is 5.97 Å². The molecule has 2 rings (SSSR count). The van der Waals surface area contributed by atoms with Gasteiger partial charge in [0.25, 0.3) is 0 Å². The number of oxime groups is 1. The highest BCUT2D eigenvalue weighted by molar-refractivity contribution is 9.10. The molecule has 0 atom stereocenters. The quantitative estimate of drug-likeness (QED) is 0.205. The Bertz CT molecular complexity index is 1020. The molecule has 0 aliphatic heterocycles. The van der Waals surface area contributed by atoms with E-state index in [0.717, 1.165) is 31.6 Å². The van der Waals surface area contributed by atoms with Crippen LogP contribution < -0.4 is 15.1 Å². The van der Waals surface area contributed by atoms with Gasteiger partial charge in [-0.05, 0) is 55.0 Å². The smallest absolute Gasteiger partial charge is 0.376 e. The number of carbonyl (C=O) groups is 1. The molecule has 0 saturated heterocycles. The Morgan fingerprint density at radius 1 is 0.939 bits per heavy atom. The topological polar surface area (TPSA) is 87.6 Å². The van der Waals surface area contributed by atoms with Gasteiger partial charge < -0.3 is 19.1 Å². The number of hydrogen-bond donors (Lipinski definition) is 1. The molecule has 0 aliphatic carbocycles. The molecule has 176 valence electrons. The summed E-state index contributed by atoms with van der Waals surface area (Å²) in [6.45, 7) is 1.78. The van der Waals surface area contributed by atoms with Crippen LogP contribution in [0, 0.1) is 0 Å². The van der Waals surface area contributed by atoms with Crippen molar-refractivity contribution in [1.82, 2.24) is 5.64 Å². The van der Waals surface area contributed by atoms with Crippen LogP contribution in [-0.4, -0.2) is 39.1 Å². The molecule has 0 aliphatic rings. The van der Waals surface area contributed by atoms with Crippen LogP contribution in [0.1, 0.15) is 18.1 Å². The van der Waals surface area contributed by atoms with E-state index in [1.807, 2.05) is 48.6 Å². The van der Waals surface area contributed by atoms with Crippen molar-refractivity contribution in [3.63, 3.8) is 0 Å². The summed E-state index contributed by atoms with van der Waals surface area (Å²) >= 11 is 6.83. The van der Waals surface area contributed by atoms with Gasteiger partial charge in [0.1, 0.15) is 18.1 Å². The van der Waals surface area contributed by atoms with Crippen LogP contribution in [0.15, 0.2) is 62.7 Å². The van der Waals surface area contributed by atoms with Gasteiger partial charge in [0, 0.05) is 20.1 Å². The second kappa shape index (κ2) is 14.5. The van der Waals surface area contributed by atoms with E-state index < -0.39 is 5.97 Å². The third-order valence-electron chi connectivity index (χ3n) is 4.02. The van der Waals surface area contributed by atoms with E-state index in [0.29, 0.717) is 0 Å². The maximum atomic E-state index is 11.9. The van der Waals surface area contributed by atoms with Crippen molar-refractivity contribution in [3.05, 3.63) is 68.6 Å². The van der Waals surface area contributed by atoms with E-state index in [1.165, 1.54) is 6.92 Å². The fourth-order valence-corrected chi connectivity index (χ4v) is 3.22. The van der Waals surface area contributed by atoms with Gasteiger partial charge in [-0.2, -0.15) is 0 Å². The molecule has 0 aromatic heterocycles. The first kappa shape index (κ1) is 26.6. The normalized spacial score (nSPS) is 11.7. The number of benzene rings is 2. The van der Waals surface area contributed by atoms with Crippen LogP contribution in [0.2, 0.25) is 0 Å². The minimum Gasteiger partial charge on any atom is -0.496 e. The number of methoxy groups -OCH3 is 2. The first-order chi connectivity index (χ1) is 15.9. The summed E-state index contributed by atoms with van der Waals surface area (Å²) in [7, 11) is 3.20. The van der Waals surface area contributed by atoms with Crippen molar-refractivity contribution < 1.29 is 28.8 Å². The summed E-state index contributed by atoms with van der Waals surface area (Å²) in [4.78, 5) is 26.8. The molecule has 0 heterocycles. The van der Waals surface area contributed by atoms with Crippen LogP contribution in [0.4, 0.5) is 0 Å². The number of ether oxygens (including phenoxy) is 2. The summed E-state index contributed by atoms with van der Waals surface area (Å²) in [5, 5.41) is 3.72. The predicted octanol–water partition coefficient (Wildman–Crippen LogP) is 5.33. The Morgan fingerprint density at radius 3 is 2.03 bits per heavy atom.